The number of hydrogen-bond donors (Lipinski definition) is 2. The van der Waals surface area contributed by atoms with Crippen molar-refractivity contribution in [1.82, 2.24) is 10.3 Å². The van der Waals surface area contributed by atoms with Crippen molar-refractivity contribution in [1.29, 1.82) is 0 Å². The molecule has 0 bridgehead atoms. The maximum absolute atomic E-state index is 12.6. The van der Waals surface area contributed by atoms with Crippen molar-refractivity contribution in [3.63, 3.8) is 0 Å². The summed E-state index contributed by atoms with van der Waals surface area (Å²) < 4.78 is 0. The van der Waals surface area contributed by atoms with Gasteiger partial charge in [-0.2, -0.15) is 0 Å². The maximum atomic E-state index is 12.6. The van der Waals surface area contributed by atoms with E-state index < -0.39 is 0 Å². The molecule has 0 unspecified atom stereocenters. The number of benzene rings is 1. The zero-order valence-corrected chi connectivity index (χ0v) is 13.9. The van der Waals surface area contributed by atoms with Crippen LogP contribution in [0, 0.1) is 0 Å². The molecule has 3 rings (SSSR count). The van der Waals surface area contributed by atoms with E-state index in [9.17, 15) is 4.79 Å². The van der Waals surface area contributed by atoms with E-state index in [0.717, 1.165) is 36.6 Å². The number of carbonyl (C=O) groups is 1. The van der Waals surface area contributed by atoms with Crippen molar-refractivity contribution in [2.24, 2.45) is 5.73 Å². The highest BCUT2D eigenvalue weighted by Gasteiger charge is 2.34. The van der Waals surface area contributed by atoms with Crippen molar-refractivity contribution in [2.75, 3.05) is 6.54 Å². The van der Waals surface area contributed by atoms with Gasteiger partial charge >= 0.3 is 0 Å². The van der Waals surface area contributed by atoms with Crippen LogP contribution in [0.15, 0.2) is 36.5 Å². The SMILES string of the molecule is Cl.Cl.NCC1(NC(=O)c2cccc3cccnc23)CCCC1. The van der Waals surface area contributed by atoms with Crippen LogP contribution < -0.4 is 11.1 Å². The van der Waals surface area contributed by atoms with Gasteiger partial charge in [0.15, 0.2) is 0 Å². The van der Waals surface area contributed by atoms with Crippen molar-refractivity contribution >= 4 is 41.6 Å². The van der Waals surface area contributed by atoms with Crippen LogP contribution in [0.5, 0.6) is 0 Å². The predicted molar refractivity (Wildman–Crippen MR) is 94.0 cm³/mol. The zero-order chi connectivity index (χ0) is 14.0. The first-order valence-corrected chi connectivity index (χ1v) is 7.10. The molecule has 0 saturated heterocycles. The number of carbonyl (C=O) groups excluding carboxylic acids is 1. The van der Waals surface area contributed by atoms with Crippen LogP contribution in [-0.2, 0) is 0 Å². The molecule has 0 aliphatic heterocycles. The Kier molecular flexibility index (Phi) is 6.60. The summed E-state index contributed by atoms with van der Waals surface area (Å²) in [6.07, 6.45) is 5.91. The van der Waals surface area contributed by atoms with Gasteiger partial charge in [-0.05, 0) is 25.0 Å². The summed E-state index contributed by atoms with van der Waals surface area (Å²) in [5, 5.41) is 4.13. The third kappa shape index (κ3) is 3.51. The fourth-order valence-corrected chi connectivity index (χ4v) is 3.03. The second kappa shape index (κ2) is 7.77. The molecule has 0 spiro atoms. The molecule has 1 aromatic carbocycles. The molecule has 4 nitrogen and oxygen atoms in total. The summed E-state index contributed by atoms with van der Waals surface area (Å²) in [7, 11) is 0. The topological polar surface area (TPSA) is 68.0 Å². The van der Waals surface area contributed by atoms with E-state index in [1.165, 1.54) is 0 Å². The molecule has 1 amide bonds. The summed E-state index contributed by atoms with van der Waals surface area (Å²) in [6.45, 7) is 0.497. The molecule has 1 saturated carbocycles. The van der Waals surface area contributed by atoms with Crippen molar-refractivity contribution in [3.05, 3.63) is 42.1 Å². The molecular weight excluding hydrogens is 321 g/mol. The number of para-hydroxylation sites is 1. The minimum atomic E-state index is -0.228. The average molecular weight is 342 g/mol. The van der Waals surface area contributed by atoms with E-state index in [2.05, 4.69) is 10.3 Å². The Balaban J connectivity index is 0.00000121. The van der Waals surface area contributed by atoms with E-state index in [-0.39, 0.29) is 36.3 Å². The van der Waals surface area contributed by atoms with Gasteiger partial charge in [0.1, 0.15) is 0 Å². The molecule has 1 aliphatic carbocycles. The van der Waals surface area contributed by atoms with Crippen LogP contribution in [0.25, 0.3) is 10.9 Å². The van der Waals surface area contributed by atoms with E-state index >= 15 is 0 Å². The molecule has 1 fully saturated rings. The Hall–Kier alpha value is -1.36. The summed E-state index contributed by atoms with van der Waals surface area (Å²) >= 11 is 0. The summed E-state index contributed by atoms with van der Waals surface area (Å²) in [4.78, 5) is 16.9. The van der Waals surface area contributed by atoms with E-state index in [4.69, 9.17) is 5.73 Å². The highest BCUT2D eigenvalue weighted by molar-refractivity contribution is 6.05. The first-order chi connectivity index (χ1) is 9.74. The highest BCUT2D eigenvalue weighted by Crippen LogP contribution is 2.29. The highest BCUT2D eigenvalue weighted by atomic mass is 35.5. The first-order valence-electron chi connectivity index (χ1n) is 7.10. The number of fused-ring (bicyclic) bond motifs is 1. The zero-order valence-electron chi connectivity index (χ0n) is 12.2. The lowest BCUT2D eigenvalue weighted by Crippen LogP contribution is -2.51. The van der Waals surface area contributed by atoms with Gasteiger partial charge in [-0.1, -0.05) is 31.0 Å². The number of amides is 1. The predicted octanol–water partition coefficient (Wildman–Crippen LogP) is 3.08. The van der Waals surface area contributed by atoms with Crippen LogP contribution >= 0.6 is 24.8 Å². The molecule has 0 radical (unpaired) electrons. The number of pyridine rings is 1. The van der Waals surface area contributed by atoms with Crippen molar-refractivity contribution in [2.45, 2.75) is 31.2 Å². The lowest BCUT2D eigenvalue weighted by Gasteiger charge is -2.28. The minimum absolute atomic E-state index is 0. The Bertz CT molecular complexity index is 637. The fraction of sp³-hybridized carbons (Fsp3) is 0.375. The Morgan fingerprint density at radius 3 is 2.55 bits per heavy atom. The van der Waals surface area contributed by atoms with Crippen molar-refractivity contribution < 1.29 is 4.79 Å². The molecule has 0 atom stereocenters. The maximum Gasteiger partial charge on any atom is 0.253 e. The van der Waals surface area contributed by atoms with Crippen LogP contribution in [0.1, 0.15) is 36.0 Å². The normalized spacial score (nSPS) is 15.7. The molecule has 6 heteroatoms. The molecule has 1 heterocycles. The second-order valence-electron chi connectivity index (χ2n) is 5.53. The lowest BCUT2D eigenvalue weighted by atomic mass is 9.97. The number of hydrogen-bond acceptors (Lipinski definition) is 3. The van der Waals surface area contributed by atoms with Crippen LogP contribution in [0.2, 0.25) is 0 Å². The average Bonchev–Trinajstić information content (AvgIpc) is 2.95. The van der Waals surface area contributed by atoms with Gasteiger partial charge in [0.25, 0.3) is 5.91 Å². The van der Waals surface area contributed by atoms with E-state index in [1.807, 2.05) is 30.3 Å². The Morgan fingerprint density at radius 1 is 1.18 bits per heavy atom. The molecular formula is C16H21Cl2N3O. The summed E-state index contributed by atoms with van der Waals surface area (Å²) in [5.41, 5.74) is 7.02. The molecule has 120 valence electrons. The van der Waals surface area contributed by atoms with Gasteiger partial charge in [0, 0.05) is 18.1 Å². The van der Waals surface area contributed by atoms with Crippen molar-refractivity contribution in [3.8, 4) is 0 Å². The monoisotopic (exact) mass is 341 g/mol. The molecule has 2 aromatic rings. The minimum Gasteiger partial charge on any atom is -0.345 e. The Morgan fingerprint density at radius 2 is 1.86 bits per heavy atom. The van der Waals surface area contributed by atoms with Gasteiger partial charge in [0.2, 0.25) is 0 Å². The van der Waals surface area contributed by atoms with Crippen LogP contribution in [-0.4, -0.2) is 23.0 Å². The number of halogens is 2. The first kappa shape index (κ1) is 18.7. The molecule has 1 aliphatic rings. The Labute approximate surface area is 142 Å². The standard InChI is InChI=1S/C16H19N3O.2ClH/c17-11-16(8-1-2-9-16)19-15(20)13-7-3-5-12-6-4-10-18-14(12)13;;/h3-7,10H,1-2,8-9,11,17H2,(H,19,20);2*1H. The quantitative estimate of drug-likeness (QED) is 0.901. The van der Waals surface area contributed by atoms with Gasteiger partial charge < -0.3 is 11.1 Å². The summed E-state index contributed by atoms with van der Waals surface area (Å²) in [6, 6.07) is 9.52. The van der Waals surface area contributed by atoms with Gasteiger partial charge in [-0.3, -0.25) is 9.78 Å². The molecule has 3 N–H and O–H groups in total. The lowest BCUT2D eigenvalue weighted by molar-refractivity contribution is 0.0904. The number of aromatic nitrogens is 1. The van der Waals surface area contributed by atoms with E-state index in [1.54, 1.807) is 6.20 Å². The molecule has 1 aromatic heterocycles. The number of nitrogens with two attached hydrogens (primary N) is 1. The number of nitrogens with zero attached hydrogens (tertiary/aromatic N) is 1. The van der Waals surface area contributed by atoms with Crippen LogP contribution in [0.3, 0.4) is 0 Å². The van der Waals surface area contributed by atoms with Gasteiger partial charge in [-0.15, -0.1) is 24.8 Å². The van der Waals surface area contributed by atoms with Crippen LogP contribution in [0.4, 0.5) is 0 Å². The third-order valence-corrected chi connectivity index (χ3v) is 4.21. The second-order valence-corrected chi connectivity index (χ2v) is 5.53. The number of nitrogens with one attached hydrogen (secondary N) is 1. The summed E-state index contributed by atoms with van der Waals surface area (Å²) in [5.74, 6) is -0.0679. The van der Waals surface area contributed by atoms with Gasteiger partial charge in [0.05, 0.1) is 16.6 Å². The largest absolute Gasteiger partial charge is 0.345 e. The van der Waals surface area contributed by atoms with Gasteiger partial charge in [-0.25, -0.2) is 0 Å². The molecule has 22 heavy (non-hydrogen) atoms. The third-order valence-electron chi connectivity index (χ3n) is 4.21. The smallest absolute Gasteiger partial charge is 0.253 e. The number of rotatable bonds is 3. The van der Waals surface area contributed by atoms with E-state index in [0.29, 0.717) is 12.1 Å². The fourth-order valence-electron chi connectivity index (χ4n) is 3.03.